The number of rotatable bonds is 3. The fourth-order valence-corrected chi connectivity index (χ4v) is 4.01. The van der Waals surface area contributed by atoms with Crippen molar-refractivity contribution in [2.45, 2.75) is 36.0 Å². The summed E-state index contributed by atoms with van der Waals surface area (Å²) < 4.78 is 13.3. The Labute approximate surface area is 123 Å². The molecule has 1 heterocycles. The van der Waals surface area contributed by atoms with Gasteiger partial charge in [-0.1, -0.05) is 24.3 Å². The molecule has 1 nitrogen and oxygen atoms in total. The fraction of sp³-hybridized carbons (Fsp3) is 0.294. The lowest BCUT2D eigenvalue weighted by atomic mass is 9.97. The lowest BCUT2D eigenvalue weighted by Gasteiger charge is -2.19. The number of hydrogen-bond acceptors (Lipinski definition) is 2. The van der Waals surface area contributed by atoms with Gasteiger partial charge in [0.15, 0.2) is 0 Å². The van der Waals surface area contributed by atoms with Crippen LogP contribution in [0.15, 0.2) is 47.4 Å². The molecule has 2 unspecified atom stereocenters. The average Bonchev–Trinajstić information content (AvgIpc) is 2.87. The number of thioether (sulfide) groups is 1. The number of aryl methyl sites for hydroxylation is 1. The van der Waals surface area contributed by atoms with Gasteiger partial charge in [-0.05, 0) is 54.7 Å². The minimum atomic E-state index is -0.180. The molecule has 2 atom stereocenters. The second-order valence-electron chi connectivity index (χ2n) is 5.41. The van der Waals surface area contributed by atoms with Crippen molar-refractivity contribution in [3.8, 4) is 0 Å². The Morgan fingerprint density at radius 2 is 2.10 bits per heavy atom. The van der Waals surface area contributed by atoms with E-state index in [9.17, 15) is 4.39 Å². The Kier molecular flexibility index (Phi) is 3.81. The van der Waals surface area contributed by atoms with Crippen LogP contribution in [0.4, 0.5) is 4.39 Å². The van der Waals surface area contributed by atoms with E-state index >= 15 is 0 Å². The molecule has 2 N–H and O–H groups in total. The van der Waals surface area contributed by atoms with E-state index < -0.39 is 0 Å². The first-order valence-electron chi connectivity index (χ1n) is 6.88. The highest BCUT2D eigenvalue weighted by Crippen LogP contribution is 2.38. The maximum atomic E-state index is 13.3. The molecule has 0 amide bonds. The number of benzene rings is 2. The fourth-order valence-electron chi connectivity index (χ4n) is 2.69. The molecule has 0 bridgehead atoms. The van der Waals surface area contributed by atoms with Gasteiger partial charge in [-0.3, -0.25) is 0 Å². The molecule has 3 heteroatoms. The SMILES string of the molecule is Cc1ccc(F)cc1CC(N)C1Cc2ccccc2S1. The third-order valence-electron chi connectivity index (χ3n) is 3.92. The van der Waals surface area contributed by atoms with E-state index in [4.69, 9.17) is 5.73 Å². The molecule has 0 fully saturated rings. The van der Waals surface area contributed by atoms with Gasteiger partial charge in [-0.25, -0.2) is 4.39 Å². The number of nitrogens with two attached hydrogens (primary N) is 1. The molecule has 20 heavy (non-hydrogen) atoms. The van der Waals surface area contributed by atoms with Gasteiger partial charge in [0, 0.05) is 16.2 Å². The van der Waals surface area contributed by atoms with Gasteiger partial charge in [0.2, 0.25) is 0 Å². The summed E-state index contributed by atoms with van der Waals surface area (Å²) >= 11 is 1.85. The van der Waals surface area contributed by atoms with Crippen LogP contribution in [0, 0.1) is 12.7 Å². The summed E-state index contributed by atoms with van der Waals surface area (Å²) in [6.45, 7) is 2.01. The normalized spacial score (nSPS) is 18.9. The number of halogens is 1. The summed E-state index contributed by atoms with van der Waals surface area (Å²) in [6.07, 6.45) is 1.74. The van der Waals surface area contributed by atoms with Crippen molar-refractivity contribution in [3.63, 3.8) is 0 Å². The van der Waals surface area contributed by atoms with Gasteiger partial charge in [-0.15, -0.1) is 11.8 Å². The van der Waals surface area contributed by atoms with Crippen molar-refractivity contribution < 1.29 is 4.39 Å². The van der Waals surface area contributed by atoms with Gasteiger partial charge < -0.3 is 5.73 Å². The van der Waals surface area contributed by atoms with Crippen LogP contribution in [-0.2, 0) is 12.8 Å². The summed E-state index contributed by atoms with van der Waals surface area (Å²) in [5, 5.41) is 0.384. The summed E-state index contributed by atoms with van der Waals surface area (Å²) in [5.41, 5.74) is 9.88. The van der Waals surface area contributed by atoms with Crippen LogP contribution in [0.3, 0.4) is 0 Å². The Bertz CT molecular complexity index is 601. The molecule has 0 radical (unpaired) electrons. The predicted molar refractivity (Wildman–Crippen MR) is 82.6 cm³/mol. The van der Waals surface area contributed by atoms with Crippen LogP contribution in [0.2, 0.25) is 0 Å². The maximum Gasteiger partial charge on any atom is 0.123 e. The van der Waals surface area contributed by atoms with Crippen LogP contribution in [0.5, 0.6) is 0 Å². The van der Waals surface area contributed by atoms with Crippen LogP contribution < -0.4 is 5.73 Å². The number of hydrogen-bond donors (Lipinski definition) is 1. The van der Waals surface area contributed by atoms with Crippen LogP contribution in [0.1, 0.15) is 16.7 Å². The zero-order valence-corrected chi connectivity index (χ0v) is 12.3. The molecule has 0 aliphatic carbocycles. The van der Waals surface area contributed by atoms with E-state index in [0.717, 1.165) is 24.0 Å². The highest BCUT2D eigenvalue weighted by Gasteiger charge is 2.27. The van der Waals surface area contributed by atoms with Gasteiger partial charge >= 0.3 is 0 Å². The minimum Gasteiger partial charge on any atom is -0.326 e. The van der Waals surface area contributed by atoms with Crippen molar-refractivity contribution in [1.29, 1.82) is 0 Å². The summed E-state index contributed by atoms with van der Waals surface area (Å²) in [4.78, 5) is 1.34. The molecule has 0 spiro atoms. The van der Waals surface area contributed by atoms with Gasteiger partial charge in [0.25, 0.3) is 0 Å². The minimum absolute atomic E-state index is 0.0490. The van der Waals surface area contributed by atoms with E-state index in [1.807, 2.05) is 24.8 Å². The highest BCUT2D eigenvalue weighted by molar-refractivity contribution is 8.00. The topological polar surface area (TPSA) is 26.0 Å². The summed E-state index contributed by atoms with van der Waals surface area (Å²) in [5.74, 6) is -0.180. The molecular weight excluding hydrogens is 269 g/mol. The predicted octanol–water partition coefficient (Wildman–Crippen LogP) is 3.72. The first kappa shape index (κ1) is 13.7. The monoisotopic (exact) mass is 287 g/mol. The number of fused-ring (bicyclic) bond motifs is 1. The summed E-state index contributed by atoms with van der Waals surface area (Å²) in [7, 11) is 0. The third-order valence-corrected chi connectivity index (χ3v) is 5.39. The van der Waals surface area contributed by atoms with E-state index in [2.05, 4.69) is 24.3 Å². The van der Waals surface area contributed by atoms with E-state index in [1.54, 1.807) is 6.07 Å². The molecular formula is C17H18FNS. The molecule has 2 aromatic rings. The van der Waals surface area contributed by atoms with Gasteiger partial charge in [0.1, 0.15) is 5.82 Å². The molecule has 3 rings (SSSR count). The average molecular weight is 287 g/mol. The molecule has 104 valence electrons. The molecule has 1 aliphatic rings. The quantitative estimate of drug-likeness (QED) is 0.931. The molecule has 1 aliphatic heterocycles. The molecule has 2 aromatic carbocycles. The lowest BCUT2D eigenvalue weighted by molar-refractivity contribution is 0.609. The van der Waals surface area contributed by atoms with Crippen LogP contribution in [-0.4, -0.2) is 11.3 Å². The lowest BCUT2D eigenvalue weighted by Crippen LogP contribution is -2.34. The Balaban J connectivity index is 1.72. The maximum absolute atomic E-state index is 13.3. The van der Waals surface area contributed by atoms with Crippen LogP contribution in [0.25, 0.3) is 0 Å². The second-order valence-corrected chi connectivity index (χ2v) is 6.69. The zero-order chi connectivity index (χ0) is 14.1. The Morgan fingerprint density at radius 3 is 2.90 bits per heavy atom. The smallest absolute Gasteiger partial charge is 0.123 e. The zero-order valence-electron chi connectivity index (χ0n) is 11.5. The second kappa shape index (κ2) is 5.58. The van der Waals surface area contributed by atoms with E-state index in [-0.39, 0.29) is 11.9 Å². The van der Waals surface area contributed by atoms with Crippen molar-refractivity contribution >= 4 is 11.8 Å². The summed E-state index contributed by atoms with van der Waals surface area (Å²) in [6, 6.07) is 13.5. The first-order valence-corrected chi connectivity index (χ1v) is 7.76. The van der Waals surface area contributed by atoms with Crippen molar-refractivity contribution in [2.24, 2.45) is 5.73 Å². The van der Waals surface area contributed by atoms with Crippen LogP contribution >= 0.6 is 11.8 Å². The Hall–Kier alpha value is -1.32. The van der Waals surface area contributed by atoms with Gasteiger partial charge in [0.05, 0.1) is 0 Å². The first-order chi connectivity index (χ1) is 9.63. The molecule has 0 aromatic heterocycles. The van der Waals surface area contributed by atoms with Crippen molar-refractivity contribution in [2.75, 3.05) is 0 Å². The largest absolute Gasteiger partial charge is 0.326 e. The molecule has 0 saturated heterocycles. The van der Waals surface area contributed by atoms with Crippen molar-refractivity contribution in [1.82, 2.24) is 0 Å². The molecule has 0 saturated carbocycles. The third kappa shape index (κ3) is 2.74. The standard InChI is InChI=1S/C17H18FNS/c1-11-6-7-14(18)8-13(11)9-15(19)17-10-12-4-2-3-5-16(12)20-17/h2-8,15,17H,9-10,19H2,1H3. The van der Waals surface area contributed by atoms with E-state index in [1.165, 1.54) is 16.5 Å². The highest BCUT2D eigenvalue weighted by atomic mass is 32.2. The van der Waals surface area contributed by atoms with Crippen molar-refractivity contribution in [3.05, 3.63) is 65.0 Å². The van der Waals surface area contributed by atoms with E-state index in [0.29, 0.717) is 5.25 Å². The van der Waals surface area contributed by atoms with Gasteiger partial charge in [-0.2, -0.15) is 0 Å². The Morgan fingerprint density at radius 1 is 1.30 bits per heavy atom.